The van der Waals surface area contributed by atoms with Gasteiger partial charge in [-0.1, -0.05) is 24.3 Å². The highest BCUT2D eigenvalue weighted by atomic mass is 32.2. The number of nitrogen functional groups attached to an aromatic ring is 1. The van der Waals surface area contributed by atoms with Crippen LogP contribution in [-0.4, -0.2) is 16.1 Å². The molecule has 4 nitrogen and oxygen atoms in total. The van der Waals surface area contributed by atoms with Crippen molar-refractivity contribution in [3.8, 4) is 0 Å². The lowest BCUT2D eigenvalue weighted by molar-refractivity contribution is 0.0692. The average molecular weight is 274 g/mol. The molecule has 2 rings (SSSR count). The van der Waals surface area contributed by atoms with E-state index in [1.165, 1.54) is 35.2 Å². The lowest BCUT2D eigenvalue weighted by Gasteiger charge is -2.07. The molecular formula is C14H14N2O2S. The van der Waals surface area contributed by atoms with Gasteiger partial charge in [-0.3, -0.25) is 0 Å². The molecule has 0 aliphatic rings. The number of thioether (sulfide) groups is 1. The number of hydrogen-bond acceptors (Lipinski definition) is 4. The first-order valence-corrected chi connectivity index (χ1v) is 6.72. The largest absolute Gasteiger partial charge is 0.478 e. The molecule has 0 bridgehead atoms. The molecular weight excluding hydrogens is 260 g/mol. The van der Waals surface area contributed by atoms with E-state index < -0.39 is 5.97 Å². The molecule has 0 unspecified atom stereocenters. The summed E-state index contributed by atoms with van der Waals surface area (Å²) >= 11 is 1.40. The Balaban J connectivity index is 2.20. The highest BCUT2D eigenvalue weighted by Crippen LogP contribution is 2.26. The van der Waals surface area contributed by atoms with Gasteiger partial charge in [0.15, 0.2) is 0 Å². The van der Waals surface area contributed by atoms with Gasteiger partial charge in [0.05, 0.1) is 17.4 Å². The third kappa shape index (κ3) is 3.26. The summed E-state index contributed by atoms with van der Waals surface area (Å²) in [5.41, 5.74) is 8.42. The molecule has 0 atom stereocenters. The Morgan fingerprint density at radius 2 is 2.16 bits per heavy atom. The summed E-state index contributed by atoms with van der Waals surface area (Å²) in [4.78, 5) is 15.2. The Kier molecular flexibility index (Phi) is 4.06. The van der Waals surface area contributed by atoms with E-state index in [1.807, 2.05) is 31.2 Å². The van der Waals surface area contributed by atoms with Gasteiger partial charge in [0.2, 0.25) is 0 Å². The van der Waals surface area contributed by atoms with Gasteiger partial charge in [-0.25, -0.2) is 9.78 Å². The van der Waals surface area contributed by atoms with Crippen molar-refractivity contribution in [1.82, 2.24) is 4.98 Å². The zero-order valence-electron chi connectivity index (χ0n) is 10.5. The summed E-state index contributed by atoms with van der Waals surface area (Å²) in [6.45, 7) is 2.03. The quantitative estimate of drug-likeness (QED) is 0.838. The number of aryl methyl sites for hydroxylation is 1. The SMILES string of the molecule is Cc1ccccc1CSc1ncc(N)cc1C(=O)O. The van der Waals surface area contributed by atoms with E-state index in [0.29, 0.717) is 16.5 Å². The topological polar surface area (TPSA) is 76.2 Å². The number of carboxylic acid groups (broad SMARTS) is 1. The van der Waals surface area contributed by atoms with E-state index in [2.05, 4.69) is 4.98 Å². The molecule has 19 heavy (non-hydrogen) atoms. The first-order chi connectivity index (χ1) is 9.08. The van der Waals surface area contributed by atoms with E-state index in [0.717, 1.165) is 0 Å². The molecule has 0 fully saturated rings. The Morgan fingerprint density at radius 1 is 1.42 bits per heavy atom. The van der Waals surface area contributed by atoms with Gasteiger partial charge in [0, 0.05) is 5.75 Å². The third-order valence-corrected chi connectivity index (χ3v) is 3.78. The number of nitrogens with two attached hydrogens (primary N) is 1. The van der Waals surface area contributed by atoms with Crippen LogP contribution in [0.4, 0.5) is 5.69 Å². The monoisotopic (exact) mass is 274 g/mol. The lowest BCUT2D eigenvalue weighted by Crippen LogP contribution is -2.03. The van der Waals surface area contributed by atoms with Crippen molar-refractivity contribution < 1.29 is 9.90 Å². The number of benzene rings is 1. The maximum Gasteiger partial charge on any atom is 0.338 e. The molecule has 98 valence electrons. The van der Waals surface area contributed by atoms with E-state index in [4.69, 9.17) is 10.8 Å². The first-order valence-electron chi connectivity index (χ1n) is 5.74. The van der Waals surface area contributed by atoms with E-state index in [1.54, 1.807) is 0 Å². The van der Waals surface area contributed by atoms with E-state index >= 15 is 0 Å². The molecule has 5 heteroatoms. The van der Waals surface area contributed by atoms with Crippen LogP contribution < -0.4 is 5.73 Å². The fraction of sp³-hybridized carbons (Fsp3) is 0.143. The standard InChI is InChI=1S/C14H14N2O2S/c1-9-4-2-3-5-10(9)8-19-13-12(14(17)18)6-11(15)7-16-13/h2-7H,8,15H2,1H3,(H,17,18). The third-order valence-electron chi connectivity index (χ3n) is 2.73. The molecule has 0 saturated carbocycles. The Bertz CT molecular complexity index is 614. The molecule has 1 aromatic heterocycles. The predicted molar refractivity (Wildman–Crippen MR) is 76.3 cm³/mol. The van der Waals surface area contributed by atoms with E-state index in [9.17, 15) is 4.79 Å². The van der Waals surface area contributed by atoms with Crippen molar-refractivity contribution in [2.75, 3.05) is 5.73 Å². The van der Waals surface area contributed by atoms with Crippen molar-refractivity contribution in [2.24, 2.45) is 0 Å². The second-order valence-electron chi connectivity index (χ2n) is 4.14. The number of carbonyl (C=O) groups is 1. The van der Waals surface area contributed by atoms with Crippen LogP contribution in [0, 0.1) is 6.92 Å². The maximum absolute atomic E-state index is 11.1. The molecule has 0 aliphatic carbocycles. The van der Waals surface area contributed by atoms with Crippen molar-refractivity contribution in [3.05, 3.63) is 53.2 Å². The molecule has 1 aromatic carbocycles. The molecule has 0 aliphatic heterocycles. The van der Waals surface area contributed by atoms with Crippen LogP contribution in [0.2, 0.25) is 0 Å². The normalized spacial score (nSPS) is 10.4. The van der Waals surface area contributed by atoms with Gasteiger partial charge < -0.3 is 10.8 Å². The van der Waals surface area contributed by atoms with E-state index in [-0.39, 0.29) is 5.56 Å². The van der Waals surface area contributed by atoms with Crippen LogP contribution in [0.5, 0.6) is 0 Å². The van der Waals surface area contributed by atoms with Crippen molar-refractivity contribution >= 4 is 23.4 Å². The molecule has 0 amide bonds. The fourth-order valence-electron chi connectivity index (χ4n) is 1.65. The number of aromatic carboxylic acids is 1. The van der Waals surface area contributed by atoms with Gasteiger partial charge >= 0.3 is 5.97 Å². The van der Waals surface area contributed by atoms with Gasteiger partial charge in [0.25, 0.3) is 0 Å². The van der Waals surface area contributed by atoms with Gasteiger partial charge in [0.1, 0.15) is 5.03 Å². The second kappa shape index (κ2) is 5.75. The number of anilines is 1. The van der Waals surface area contributed by atoms with Crippen LogP contribution >= 0.6 is 11.8 Å². The molecule has 1 heterocycles. The molecule has 2 aromatic rings. The van der Waals surface area contributed by atoms with Crippen molar-refractivity contribution in [3.63, 3.8) is 0 Å². The minimum Gasteiger partial charge on any atom is -0.478 e. The van der Waals surface area contributed by atoms with Crippen LogP contribution in [0.15, 0.2) is 41.6 Å². The highest BCUT2D eigenvalue weighted by molar-refractivity contribution is 7.98. The summed E-state index contributed by atoms with van der Waals surface area (Å²) in [6.07, 6.45) is 1.48. The lowest BCUT2D eigenvalue weighted by atomic mass is 10.1. The molecule has 0 saturated heterocycles. The zero-order valence-corrected chi connectivity index (χ0v) is 11.3. The average Bonchev–Trinajstić information content (AvgIpc) is 2.38. The first kappa shape index (κ1) is 13.4. The summed E-state index contributed by atoms with van der Waals surface area (Å²) in [5, 5.41) is 9.62. The Labute approximate surface area is 115 Å². The predicted octanol–water partition coefficient (Wildman–Crippen LogP) is 2.96. The molecule has 0 radical (unpaired) electrons. The Hall–Kier alpha value is -2.01. The molecule has 0 spiro atoms. The number of aromatic nitrogens is 1. The second-order valence-corrected chi connectivity index (χ2v) is 5.11. The minimum absolute atomic E-state index is 0.151. The smallest absolute Gasteiger partial charge is 0.338 e. The summed E-state index contributed by atoms with van der Waals surface area (Å²) in [6, 6.07) is 9.45. The number of pyridine rings is 1. The number of carboxylic acids is 1. The summed E-state index contributed by atoms with van der Waals surface area (Å²) in [5.74, 6) is -0.323. The summed E-state index contributed by atoms with van der Waals surface area (Å²) < 4.78 is 0. The van der Waals surface area contributed by atoms with Crippen LogP contribution in [-0.2, 0) is 5.75 Å². The zero-order chi connectivity index (χ0) is 13.8. The van der Waals surface area contributed by atoms with Crippen molar-refractivity contribution in [2.45, 2.75) is 17.7 Å². The van der Waals surface area contributed by atoms with Crippen molar-refractivity contribution in [1.29, 1.82) is 0 Å². The number of rotatable bonds is 4. The van der Waals surface area contributed by atoms with Gasteiger partial charge in [-0.15, -0.1) is 11.8 Å². The highest BCUT2D eigenvalue weighted by Gasteiger charge is 2.13. The van der Waals surface area contributed by atoms with Crippen LogP contribution in [0.1, 0.15) is 21.5 Å². The number of nitrogens with zero attached hydrogens (tertiary/aromatic N) is 1. The van der Waals surface area contributed by atoms with Crippen LogP contribution in [0.25, 0.3) is 0 Å². The molecule has 3 N–H and O–H groups in total. The fourth-order valence-corrected chi connectivity index (χ4v) is 2.70. The van der Waals surface area contributed by atoms with Gasteiger partial charge in [-0.2, -0.15) is 0 Å². The minimum atomic E-state index is -1.01. The van der Waals surface area contributed by atoms with Crippen LogP contribution in [0.3, 0.4) is 0 Å². The summed E-state index contributed by atoms with van der Waals surface area (Å²) in [7, 11) is 0. The Morgan fingerprint density at radius 3 is 2.84 bits per heavy atom. The van der Waals surface area contributed by atoms with Gasteiger partial charge in [-0.05, 0) is 24.1 Å². The number of hydrogen-bond donors (Lipinski definition) is 2. The maximum atomic E-state index is 11.1.